The fourth-order valence-corrected chi connectivity index (χ4v) is 1.81. The molecule has 1 aromatic heterocycles. The van der Waals surface area contributed by atoms with Crippen molar-refractivity contribution in [3.05, 3.63) is 48.1 Å². The van der Waals surface area contributed by atoms with Crippen LogP contribution in [0.15, 0.2) is 36.7 Å². The number of aromatic nitrogens is 2. The number of benzene rings is 1. The molecule has 6 heteroatoms. The van der Waals surface area contributed by atoms with Gasteiger partial charge in [-0.25, -0.2) is 4.98 Å². The van der Waals surface area contributed by atoms with Crippen LogP contribution in [0.5, 0.6) is 11.5 Å². The van der Waals surface area contributed by atoms with E-state index < -0.39 is 0 Å². The molecule has 0 spiro atoms. The average molecular weight is 271 g/mol. The van der Waals surface area contributed by atoms with Crippen molar-refractivity contribution < 1.29 is 14.3 Å². The van der Waals surface area contributed by atoms with Crippen LogP contribution in [0.4, 0.5) is 0 Å². The van der Waals surface area contributed by atoms with Crippen LogP contribution in [0.2, 0.25) is 0 Å². The van der Waals surface area contributed by atoms with Crippen LogP contribution in [0.25, 0.3) is 6.08 Å². The molecule has 0 aliphatic carbocycles. The summed E-state index contributed by atoms with van der Waals surface area (Å²) in [4.78, 5) is 18.6. The Morgan fingerprint density at radius 2 is 2.30 bits per heavy atom. The largest absolute Gasteiger partial charge is 0.454 e. The van der Waals surface area contributed by atoms with E-state index >= 15 is 0 Å². The van der Waals surface area contributed by atoms with Crippen molar-refractivity contribution in [1.29, 1.82) is 0 Å². The van der Waals surface area contributed by atoms with E-state index in [9.17, 15) is 4.79 Å². The fraction of sp³-hybridized carbons (Fsp3) is 0.143. The summed E-state index contributed by atoms with van der Waals surface area (Å²) in [6.07, 6.45) is 6.55. The summed E-state index contributed by atoms with van der Waals surface area (Å²) in [6, 6.07) is 5.52. The number of hydrogen-bond acceptors (Lipinski definition) is 4. The first-order valence-electron chi connectivity index (χ1n) is 6.15. The molecule has 6 nitrogen and oxygen atoms in total. The average Bonchev–Trinajstić information content (AvgIpc) is 3.13. The number of hydrogen-bond donors (Lipinski definition) is 2. The van der Waals surface area contributed by atoms with Gasteiger partial charge in [0, 0.05) is 18.5 Å². The van der Waals surface area contributed by atoms with E-state index in [1.807, 2.05) is 18.2 Å². The van der Waals surface area contributed by atoms with E-state index in [1.54, 1.807) is 18.5 Å². The molecule has 1 aliphatic rings. The minimum atomic E-state index is -0.181. The summed E-state index contributed by atoms with van der Waals surface area (Å²) in [6.45, 7) is 0.615. The zero-order valence-corrected chi connectivity index (χ0v) is 10.6. The highest BCUT2D eigenvalue weighted by Crippen LogP contribution is 2.32. The van der Waals surface area contributed by atoms with Gasteiger partial charge in [0.25, 0.3) is 0 Å². The molecule has 2 N–H and O–H groups in total. The van der Waals surface area contributed by atoms with Gasteiger partial charge in [0.2, 0.25) is 12.7 Å². The topological polar surface area (TPSA) is 76.2 Å². The third-order valence-corrected chi connectivity index (χ3v) is 2.81. The Labute approximate surface area is 115 Å². The first kappa shape index (κ1) is 12.3. The molecular formula is C14H13N3O3. The van der Waals surface area contributed by atoms with Crippen molar-refractivity contribution in [1.82, 2.24) is 15.3 Å². The second-order valence-corrected chi connectivity index (χ2v) is 4.20. The Balaban J connectivity index is 1.58. The molecule has 102 valence electrons. The van der Waals surface area contributed by atoms with Crippen LogP contribution in [0, 0.1) is 0 Å². The smallest absolute Gasteiger partial charge is 0.244 e. The Morgan fingerprint density at radius 1 is 1.40 bits per heavy atom. The summed E-state index contributed by atoms with van der Waals surface area (Å²) in [5.41, 5.74) is 0.877. The van der Waals surface area contributed by atoms with Crippen molar-refractivity contribution in [2.24, 2.45) is 0 Å². The van der Waals surface area contributed by atoms with Gasteiger partial charge in [0.1, 0.15) is 5.82 Å². The van der Waals surface area contributed by atoms with Crippen LogP contribution >= 0.6 is 0 Å². The zero-order valence-electron chi connectivity index (χ0n) is 10.6. The monoisotopic (exact) mass is 271 g/mol. The van der Waals surface area contributed by atoms with Crippen molar-refractivity contribution in [3.8, 4) is 11.5 Å². The number of aromatic amines is 1. The van der Waals surface area contributed by atoms with E-state index in [-0.39, 0.29) is 12.7 Å². The minimum Gasteiger partial charge on any atom is -0.454 e. The van der Waals surface area contributed by atoms with Gasteiger partial charge in [-0.15, -0.1) is 0 Å². The maximum absolute atomic E-state index is 11.6. The number of rotatable bonds is 4. The lowest BCUT2D eigenvalue weighted by molar-refractivity contribution is -0.116. The van der Waals surface area contributed by atoms with E-state index in [2.05, 4.69) is 15.3 Å². The molecule has 2 heterocycles. The number of imidazole rings is 1. The minimum absolute atomic E-state index is 0.181. The van der Waals surface area contributed by atoms with Gasteiger partial charge in [-0.05, 0) is 23.8 Å². The maximum atomic E-state index is 11.6. The number of ether oxygens (including phenoxy) is 2. The molecule has 0 saturated carbocycles. The molecule has 3 rings (SSSR count). The number of carbonyl (C=O) groups excluding carboxylic acids is 1. The van der Waals surface area contributed by atoms with Gasteiger partial charge in [-0.1, -0.05) is 6.07 Å². The Kier molecular flexibility index (Phi) is 3.36. The van der Waals surface area contributed by atoms with E-state index in [0.29, 0.717) is 12.3 Å². The lowest BCUT2D eigenvalue weighted by Crippen LogP contribution is -2.20. The number of amides is 1. The summed E-state index contributed by atoms with van der Waals surface area (Å²) < 4.78 is 10.5. The number of carbonyl (C=O) groups is 1. The van der Waals surface area contributed by atoms with Gasteiger partial charge >= 0.3 is 0 Å². The van der Waals surface area contributed by atoms with Gasteiger partial charge < -0.3 is 19.8 Å². The molecule has 20 heavy (non-hydrogen) atoms. The first-order chi connectivity index (χ1) is 9.81. The molecule has 1 aromatic carbocycles. The van der Waals surface area contributed by atoms with Crippen molar-refractivity contribution >= 4 is 12.0 Å². The van der Waals surface area contributed by atoms with Crippen LogP contribution < -0.4 is 14.8 Å². The fourth-order valence-electron chi connectivity index (χ4n) is 1.81. The Bertz CT molecular complexity index is 635. The molecule has 0 unspecified atom stereocenters. The second kappa shape index (κ2) is 5.48. The van der Waals surface area contributed by atoms with E-state index in [4.69, 9.17) is 9.47 Å². The van der Waals surface area contributed by atoms with Crippen LogP contribution in [-0.4, -0.2) is 22.7 Å². The molecule has 2 aromatic rings. The van der Waals surface area contributed by atoms with Gasteiger partial charge in [-0.2, -0.15) is 0 Å². The van der Waals surface area contributed by atoms with Gasteiger partial charge in [0.05, 0.1) is 6.54 Å². The summed E-state index contributed by atoms with van der Waals surface area (Å²) in [5.74, 6) is 1.96. The lowest BCUT2D eigenvalue weighted by Gasteiger charge is -1.99. The van der Waals surface area contributed by atoms with Gasteiger partial charge in [-0.3, -0.25) is 4.79 Å². The molecule has 0 atom stereocenters. The van der Waals surface area contributed by atoms with Gasteiger partial charge in [0.15, 0.2) is 11.5 Å². The molecule has 1 amide bonds. The van der Waals surface area contributed by atoms with Crippen molar-refractivity contribution in [3.63, 3.8) is 0 Å². The molecular weight excluding hydrogens is 258 g/mol. The number of nitrogens with one attached hydrogen (secondary N) is 2. The summed E-state index contributed by atoms with van der Waals surface area (Å²) in [5, 5.41) is 2.73. The highest BCUT2D eigenvalue weighted by Gasteiger charge is 2.12. The van der Waals surface area contributed by atoms with Crippen LogP contribution in [0.1, 0.15) is 11.4 Å². The molecule has 0 radical (unpaired) electrons. The highest BCUT2D eigenvalue weighted by atomic mass is 16.7. The van der Waals surface area contributed by atoms with Crippen molar-refractivity contribution in [2.45, 2.75) is 6.54 Å². The van der Waals surface area contributed by atoms with Crippen LogP contribution in [0.3, 0.4) is 0 Å². The molecule has 0 saturated heterocycles. The Hall–Kier alpha value is -2.76. The lowest BCUT2D eigenvalue weighted by atomic mass is 10.2. The third kappa shape index (κ3) is 2.80. The van der Waals surface area contributed by atoms with E-state index in [0.717, 1.165) is 17.1 Å². The summed E-state index contributed by atoms with van der Waals surface area (Å²) in [7, 11) is 0. The van der Waals surface area contributed by atoms with Crippen LogP contribution in [-0.2, 0) is 11.3 Å². The SMILES string of the molecule is O=C(C=Cc1ccc2c(c1)OCO2)NCc1ncc[nH]1. The highest BCUT2D eigenvalue weighted by molar-refractivity contribution is 5.91. The van der Waals surface area contributed by atoms with E-state index in [1.165, 1.54) is 6.08 Å². The Morgan fingerprint density at radius 3 is 3.15 bits per heavy atom. The quantitative estimate of drug-likeness (QED) is 0.826. The normalized spacial score (nSPS) is 12.8. The predicted molar refractivity (Wildman–Crippen MR) is 72.0 cm³/mol. The third-order valence-electron chi connectivity index (χ3n) is 2.81. The molecule has 0 bridgehead atoms. The molecule has 1 aliphatic heterocycles. The summed E-state index contributed by atoms with van der Waals surface area (Å²) >= 11 is 0. The number of fused-ring (bicyclic) bond motifs is 1. The first-order valence-corrected chi connectivity index (χ1v) is 6.15. The number of nitrogens with zero attached hydrogens (tertiary/aromatic N) is 1. The molecule has 0 fully saturated rings. The van der Waals surface area contributed by atoms with Crippen molar-refractivity contribution in [2.75, 3.05) is 6.79 Å². The second-order valence-electron chi connectivity index (χ2n) is 4.20. The zero-order chi connectivity index (χ0) is 13.8. The predicted octanol–water partition coefficient (Wildman–Crippen LogP) is 1.47. The maximum Gasteiger partial charge on any atom is 0.244 e. The standard InChI is InChI=1S/C14H13N3O3/c18-14(17-8-13-15-5-6-16-13)4-2-10-1-3-11-12(7-10)20-9-19-11/h1-7H,8-9H2,(H,15,16)(H,17,18). The number of H-pyrrole nitrogens is 1.